The van der Waals surface area contributed by atoms with Crippen molar-refractivity contribution in [2.45, 2.75) is 19.0 Å². The van der Waals surface area contributed by atoms with Gasteiger partial charge in [0.25, 0.3) is 0 Å². The van der Waals surface area contributed by atoms with Crippen molar-refractivity contribution in [1.82, 2.24) is 9.97 Å². The first kappa shape index (κ1) is 11.7. The molecular formula is C12H12N2O2S. The summed E-state index contributed by atoms with van der Waals surface area (Å²) in [5.41, 5.74) is 1.92. The summed E-state index contributed by atoms with van der Waals surface area (Å²) in [4.78, 5) is 18.3. The lowest BCUT2D eigenvalue weighted by molar-refractivity contribution is -0.136. The molecule has 1 aromatic carbocycles. The smallest absolute Gasteiger partial charge is 0.307 e. The third-order valence-electron chi connectivity index (χ3n) is 2.01. The van der Waals surface area contributed by atoms with Gasteiger partial charge in [-0.3, -0.25) is 4.79 Å². The zero-order chi connectivity index (χ0) is 12.3. The van der Waals surface area contributed by atoms with Crippen molar-refractivity contribution in [3.63, 3.8) is 0 Å². The molecule has 1 aromatic heterocycles. The molecule has 0 saturated carbocycles. The Bertz CT molecular complexity index is 542. The SMILES string of the molecule is CC(=O)O/C(C)=C/Sc1nc2ccccc2[nH]1. The highest BCUT2D eigenvalue weighted by Crippen LogP contribution is 2.21. The highest BCUT2D eigenvalue weighted by atomic mass is 32.2. The number of esters is 1. The summed E-state index contributed by atoms with van der Waals surface area (Å²) in [5, 5.41) is 2.52. The third-order valence-corrected chi connectivity index (χ3v) is 2.88. The van der Waals surface area contributed by atoms with Crippen molar-refractivity contribution in [1.29, 1.82) is 0 Å². The predicted octanol–water partition coefficient (Wildman–Crippen LogP) is 3.08. The average molecular weight is 248 g/mol. The number of carbonyl (C=O) groups is 1. The molecule has 0 saturated heterocycles. The van der Waals surface area contributed by atoms with Crippen molar-refractivity contribution in [2.24, 2.45) is 0 Å². The number of imidazole rings is 1. The molecule has 17 heavy (non-hydrogen) atoms. The number of ether oxygens (including phenoxy) is 1. The Kier molecular flexibility index (Phi) is 3.49. The number of thioether (sulfide) groups is 1. The lowest BCUT2D eigenvalue weighted by Gasteiger charge is -1.98. The van der Waals surface area contributed by atoms with Gasteiger partial charge in [0.05, 0.1) is 11.0 Å². The number of aromatic nitrogens is 2. The van der Waals surface area contributed by atoms with Crippen molar-refractivity contribution in [3.05, 3.63) is 35.4 Å². The minimum Gasteiger partial charge on any atom is -0.431 e. The monoisotopic (exact) mass is 248 g/mol. The third kappa shape index (κ3) is 3.10. The second kappa shape index (κ2) is 5.05. The summed E-state index contributed by atoms with van der Waals surface area (Å²) in [6.45, 7) is 3.11. The number of hydrogen-bond acceptors (Lipinski definition) is 4. The number of nitrogens with zero attached hydrogens (tertiary/aromatic N) is 1. The van der Waals surface area contributed by atoms with Crippen molar-refractivity contribution in [2.75, 3.05) is 0 Å². The van der Waals surface area contributed by atoms with Gasteiger partial charge in [0.15, 0.2) is 5.16 Å². The maximum Gasteiger partial charge on any atom is 0.307 e. The molecular weight excluding hydrogens is 236 g/mol. The largest absolute Gasteiger partial charge is 0.431 e. The lowest BCUT2D eigenvalue weighted by atomic mass is 10.3. The predicted molar refractivity (Wildman–Crippen MR) is 67.5 cm³/mol. The Morgan fingerprint density at radius 1 is 1.41 bits per heavy atom. The zero-order valence-corrected chi connectivity index (χ0v) is 10.4. The summed E-state index contributed by atoms with van der Waals surface area (Å²) in [6, 6.07) is 7.81. The molecule has 0 unspecified atom stereocenters. The van der Waals surface area contributed by atoms with Gasteiger partial charge in [-0.15, -0.1) is 0 Å². The van der Waals surface area contributed by atoms with E-state index in [0.29, 0.717) is 5.76 Å². The minimum atomic E-state index is -0.316. The number of benzene rings is 1. The summed E-state index contributed by atoms with van der Waals surface area (Å²) in [6.07, 6.45) is 0. The number of para-hydroxylation sites is 2. The van der Waals surface area contributed by atoms with Crippen LogP contribution in [-0.4, -0.2) is 15.9 Å². The van der Waals surface area contributed by atoms with Crippen LogP contribution in [0.4, 0.5) is 0 Å². The summed E-state index contributed by atoms with van der Waals surface area (Å²) >= 11 is 1.39. The molecule has 0 atom stereocenters. The van der Waals surface area contributed by atoms with Gasteiger partial charge in [-0.1, -0.05) is 23.9 Å². The van der Waals surface area contributed by atoms with Crippen molar-refractivity contribution < 1.29 is 9.53 Å². The topological polar surface area (TPSA) is 55.0 Å². The van der Waals surface area contributed by atoms with E-state index >= 15 is 0 Å². The van der Waals surface area contributed by atoms with Gasteiger partial charge in [-0.05, 0) is 19.1 Å². The molecule has 1 heterocycles. The summed E-state index contributed by atoms with van der Waals surface area (Å²) < 4.78 is 4.91. The summed E-state index contributed by atoms with van der Waals surface area (Å²) in [7, 11) is 0. The molecule has 4 nitrogen and oxygen atoms in total. The van der Waals surface area contributed by atoms with E-state index in [1.165, 1.54) is 18.7 Å². The fourth-order valence-corrected chi connectivity index (χ4v) is 2.02. The molecule has 0 aliphatic heterocycles. The second-order valence-corrected chi connectivity index (χ2v) is 4.36. The maximum atomic E-state index is 10.7. The molecule has 0 spiro atoms. The molecule has 5 heteroatoms. The number of fused-ring (bicyclic) bond motifs is 1. The first-order valence-electron chi connectivity index (χ1n) is 5.12. The van der Waals surface area contributed by atoms with Crippen LogP contribution in [0, 0.1) is 0 Å². The fraction of sp³-hybridized carbons (Fsp3) is 0.167. The molecule has 88 valence electrons. The van der Waals surface area contributed by atoms with E-state index in [9.17, 15) is 4.79 Å². The fourth-order valence-electron chi connectivity index (χ4n) is 1.37. The highest BCUT2D eigenvalue weighted by molar-refractivity contribution is 8.02. The van der Waals surface area contributed by atoms with E-state index in [-0.39, 0.29) is 5.97 Å². The Balaban J connectivity index is 2.11. The molecule has 0 aliphatic rings. The number of hydrogen-bond donors (Lipinski definition) is 1. The summed E-state index contributed by atoms with van der Waals surface area (Å²) in [5.74, 6) is 0.243. The number of nitrogens with one attached hydrogen (secondary N) is 1. The zero-order valence-electron chi connectivity index (χ0n) is 9.56. The lowest BCUT2D eigenvalue weighted by Crippen LogP contribution is -1.94. The number of allylic oxidation sites excluding steroid dienone is 1. The van der Waals surface area contributed by atoms with Crippen LogP contribution < -0.4 is 0 Å². The first-order valence-corrected chi connectivity index (χ1v) is 6.00. The Morgan fingerprint density at radius 3 is 2.88 bits per heavy atom. The van der Waals surface area contributed by atoms with Gasteiger partial charge < -0.3 is 9.72 Å². The second-order valence-electron chi connectivity index (χ2n) is 3.50. The molecule has 1 N–H and O–H groups in total. The normalized spacial score (nSPS) is 11.8. The average Bonchev–Trinajstić information content (AvgIpc) is 2.68. The van der Waals surface area contributed by atoms with Gasteiger partial charge in [-0.25, -0.2) is 4.98 Å². The molecule has 0 radical (unpaired) electrons. The first-order chi connectivity index (χ1) is 8.15. The van der Waals surface area contributed by atoms with Crippen LogP contribution in [0.3, 0.4) is 0 Å². The standard InChI is InChI=1S/C12H12N2O2S/c1-8(16-9(2)15)7-17-12-13-10-5-3-4-6-11(10)14-12/h3-7H,1-2H3,(H,13,14)/b8-7+. The van der Waals surface area contributed by atoms with Gasteiger partial charge in [-0.2, -0.15) is 0 Å². The van der Waals surface area contributed by atoms with E-state index in [1.54, 1.807) is 12.3 Å². The minimum absolute atomic E-state index is 0.316. The Hall–Kier alpha value is -1.75. The number of H-pyrrole nitrogens is 1. The molecule has 0 fully saturated rings. The van der Waals surface area contributed by atoms with E-state index in [1.807, 2.05) is 24.3 Å². The van der Waals surface area contributed by atoms with Gasteiger partial charge in [0.2, 0.25) is 0 Å². The Morgan fingerprint density at radius 2 is 2.18 bits per heavy atom. The van der Waals surface area contributed by atoms with Crippen LogP contribution in [-0.2, 0) is 9.53 Å². The number of rotatable bonds is 3. The number of aromatic amines is 1. The number of carbonyl (C=O) groups excluding carboxylic acids is 1. The van der Waals surface area contributed by atoms with Crippen LogP contribution in [0.5, 0.6) is 0 Å². The van der Waals surface area contributed by atoms with Crippen LogP contribution >= 0.6 is 11.8 Å². The molecule has 0 amide bonds. The van der Waals surface area contributed by atoms with Crippen LogP contribution in [0.1, 0.15) is 13.8 Å². The van der Waals surface area contributed by atoms with E-state index < -0.39 is 0 Å². The van der Waals surface area contributed by atoms with Gasteiger partial charge in [0, 0.05) is 12.3 Å². The van der Waals surface area contributed by atoms with E-state index in [2.05, 4.69) is 9.97 Å². The van der Waals surface area contributed by atoms with E-state index in [4.69, 9.17) is 4.74 Å². The maximum absolute atomic E-state index is 10.7. The Labute approximate surface area is 103 Å². The van der Waals surface area contributed by atoms with Crippen molar-refractivity contribution in [3.8, 4) is 0 Å². The van der Waals surface area contributed by atoms with Crippen molar-refractivity contribution >= 4 is 28.8 Å². The molecule has 0 aliphatic carbocycles. The molecule has 0 bridgehead atoms. The highest BCUT2D eigenvalue weighted by Gasteiger charge is 2.02. The van der Waals surface area contributed by atoms with Crippen LogP contribution in [0.2, 0.25) is 0 Å². The van der Waals surface area contributed by atoms with Crippen LogP contribution in [0.15, 0.2) is 40.6 Å². The van der Waals surface area contributed by atoms with Gasteiger partial charge in [0.1, 0.15) is 5.76 Å². The molecule has 2 rings (SSSR count). The quantitative estimate of drug-likeness (QED) is 0.515. The van der Waals surface area contributed by atoms with Gasteiger partial charge >= 0.3 is 5.97 Å². The molecule has 2 aromatic rings. The van der Waals surface area contributed by atoms with Crippen LogP contribution in [0.25, 0.3) is 11.0 Å². The van der Waals surface area contributed by atoms with E-state index in [0.717, 1.165) is 16.2 Å².